The van der Waals surface area contributed by atoms with Crippen LogP contribution in [0.15, 0.2) is 66.4 Å². The number of hydrogen-bond acceptors (Lipinski definition) is 6. The highest BCUT2D eigenvalue weighted by Crippen LogP contribution is 2.32. The van der Waals surface area contributed by atoms with Crippen LogP contribution in [0.25, 0.3) is 0 Å². The van der Waals surface area contributed by atoms with Gasteiger partial charge in [-0.05, 0) is 30.3 Å². The van der Waals surface area contributed by atoms with Crippen LogP contribution < -0.4 is 15.6 Å². The SMILES string of the molecule is O=C(Nc1ncccn1)C1=CNN2CC(=O)N(c3ccc(C(F)(F)F)cc3)C=C12. The quantitative estimate of drug-likeness (QED) is 0.817. The molecular formula is C18H13F3N6O2. The number of carbonyl (C=O) groups excluding carboxylic acids is 2. The molecular weight excluding hydrogens is 389 g/mol. The molecule has 3 heterocycles. The van der Waals surface area contributed by atoms with Crippen molar-refractivity contribution < 1.29 is 22.8 Å². The second-order valence-electron chi connectivity index (χ2n) is 6.12. The predicted octanol–water partition coefficient (Wildman–Crippen LogP) is 2.03. The summed E-state index contributed by atoms with van der Waals surface area (Å²) >= 11 is 0. The molecule has 2 aliphatic heterocycles. The fourth-order valence-electron chi connectivity index (χ4n) is 2.85. The standard InChI is InChI=1S/C18H13F3N6O2/c19-18(20,21)11-2-4-12(5-3-11)26-9-14-13(8-24-27(14)10-15(26)28)16(29)25-17-22-6-1-7-23-17/h1-9,24H,10H2,(H,22,23,25,29). The van der Waals surface area contributed by atoms with Gasteiger partial charge in [-0.2, -0.15) is 13.2 Å². The molecule has 2 aliphatic rings. The van der Waals surface area contributed by atoms with Gasteiger partial charge in [0.05, 0.1) is 16.8 Å². The molecule has 0 aliphatic carbocycles. The first kappa shape index (κ1) is 18.5. The summed E-state index contributed by atoms with van der Waals surface area (Å²) < 4.78 is 38.3. The summed E-state index contributed by atoms with van der Waals surface area (Å²) in [7, 11) is 0. The van der Waals surface area contributed by atoms with E-state index < -0.39 is 17.6 Å². The first-order valence-corrected chi connectivity index (χ1v) is 8.37. The van der Waals surface area contributed by atoms with E-state index in [0.717, 1.165) is 12.1 Å². The van der Waals surface area contributed by atoms with Crippen LogP contribution in [0.3, 0.4) is 0 Å². The third-order valence-electron chi connectivity index (χ3n) is 4.25. The van der Waals surface area contributed by atoms with Crippen LogP contribution >= 0.6 is 0 Å². The number of halogens is 3. The van der Waals surface area contributed by atoms with Crippen LogP contribution in [-0.4, -0.2) is 33.3 Å². The number of carbonyl (C=O) groups is 2. The number of anilines is 2. The van der Waals surface area contributed by atoms with Gasteiger partial charge in [-0.3, -0.25) is 24.8 Å². The Balaban J connectivity index is 1.59. The molecule has 0 saturated carbocycles. The number of amides is 2. The Labute approximate surface area is 162 Å². The number of hydrazine groups is 1. The van der Waals surface area contributed by atoms with Gasteiger partial charge in [0.1, 0.15) is 6.54 Å². The monoisotopic (exact) mass is 402 g/mol. The summed E-state index contributed by atoms with van der Waals surface area (Å²) in [5.41, 5.74) is 2.87. The van der Waals surface area contributed by atoms with Crippen LogP contribution in [0.5, 0.6) is 0 Å². The highest BCUT2D eigenvalue weighted by molar-refractivity contribution is 6.08. The Hall–Kier alpha value is -3.89. The Morgan fingerprint density at radius 2 is 1.83 bits per heavy atom. The number of rotatable bonds is 3. The second-order valence-corrected chi connectivity index (χ2v) is 6.12. The first-order valence-electron chi connectivity index (χ1n) is 8.37. The molecule has 0 saturated heterocycles. The summed E-state index contributed by atoms with van der Waals surface area (Å²) in [4.78, 5) is 34.0. The fourth-order valence-corrected chi connectivity index (χ4v) is 2.85. The topological polar surface area (TPSA) is 90.5 Å². The van der Waals surface area contributed by atoms with Crippen LogP contribution in [0.2, 0.25) is 0 Å². The number of benzene rings is 1. The molecule has 2 aromatic rings. The highest BCUT2D eigenvalue weighted by atomic mass is 19.4. The van der Waals surface area contributed by atoms with E-state index in [2.05, 4.69) is 20.7 Å². The molecule has 1 aromatic carbocycles. The molecule has 1 aromatic heterocycles. The lowest BCUT2D eigenvalue weighted by Crippen LogP contribution is -2.45. The van der Waals surface area contributed by atoms with Crippen molar-refractivity contribution in [2.24, 2.45) is 0 Å². The van der Waals surface area contributed by atoms with E-state index in [-0.39, 0.29) is 29.7 Å². The Kier molecular flexibility index (Phi) is 4.41. The van der Waals surface area contributed by atoms with Crippen molar-refractivity contribution in [2.45, 2.75) is 6.18 Å². The third kappa shape index (κ3) is 3.61. The minimum absolute atomic E-state index is 0.109. The summed E-state index contributed by atoms with van der Waals surface area (Å²) in [5, 5.41) is 4.00. The van der Waals surface area contributed by atoms with Crippen molar-refractivity contribution in [3.05, 3.63) is 72.0 Å². The average Bonchev–Trinajstić information content (AvgIpc) is 3.10. The lowest BCUT2D eigenvalue weighted by atomic mass is 10.1. The van der Waals surface area contributed by atoms with E-state index in [1.165, 1.54) is 46.8 Å². The van der Waals surface area contributed by atoms with E-state index in [1.54, 1.807) is 6.07 Å². The van der Waals surface area contributed by atoms with Gasteiger partial charge in [-0.15, -0.1) is 0 Å². The minimum Gasteiger partial charge on any atom is -0.304 e. The number of hydrogen-bond donors (Lipinski definition) is 2. The summed E-state index contributed by atoms with van der Waals surface area (Å²) in [6.45, 7) is -0.109. The van der Waals surface area contributed by atoms with Crippen LogP contribution in [0, 0.1) is 0 Å². The number of fused-ring (bicyclic) bond motifs is 1. The lowest BCUT2D eigenvalue weighted by molar-refractivity contribution is -0.137. The van der Waals surface area contributed by atoms with E-state index in [1.807, 2.05) is 0 Å². The Morgan fingerprint density at radius 1 is 1.14 bits per heavy atom. The van der Waals surface area contributed by atoms with Crippen LogP contribution in [0.1, 0.15) is 5.56 Å². The maximum atomic E-state index is 12.8. The Bertz CT molecular complexity index is 1020. The van der Waals surface area contributed by atoms with Gasteiger partial charge < -0.3 is 5.43 Å². The van der Waals surface area contributed by atoms with E-state index in [9.17, 15) is 22.8 Å². The third-order valence-corrected chi connectivity index (χ3v) is 4.25. The zero-order valence-electron chi connectivity index (χ0n) is 14.6. The smallest absolute Gasteiger partial charge is 0.304 e. The normalized spacial score (nSPS) is 16.0. The van der Waals surface area contributed by atoms with Gasteiger partial charge in [0.15, 0.2) is 0 Å². The molecule has 0 atom stereocenters. The molecule has 148 valence electrons. The van der Waals surface area contributed by atoms with Gasteiger partial charge >= 0.3 is 6.18 Å². The van der Waals surface area contributed by atoms with Gasteiger partial charge in [0.2, 0.25) is 5.95 Å². The zero-order chi connectivity index (χ0) is 20.6. The summed E-state index contributed by atoms with van der Waals surface area (Å²) in [6, 6.07) is 5.81. The molecule has 8 nitrogen and oxygen atoms in total. The van der Waals surface area contributed by atoms with Crippen molar-refractivity contribution in [3.63, 3.8) is 0 Å². The molecule has 0 radical (unpaired) electrons. The maximum Gasteiger partial charge on any atom is 0.416 e. The van der Waals surface area contributed by atoms with Crippen molar-refractivity contribution in [1.29, 1.82) is 0 Å². The summed E-state index contributed by atoms with van der Waals surface area (Å²) in [6.07, 6.45) is 1.30. The first-order chi connectivity index (χ1) is 13.8. The molecule has 0 bridgehead atoms. The second kappa shape index (κ2) is 6.93. The van der Waals surface area contributed by atoms with Crippen LogP contribution in [0.4, 0.5) is 24.8 Å². The molecule has 29 heavy (non-hydrogen) atoms. The molecule has 0 spiro atoms. The number of alkyl halides is 3. The Morgan fingerprint density at radius 3 is 2.48 bits per heavy atom. The van der Waals surface area contributed by atoms with Crippen molar-refractivity contribution in [2.75, 3.05) is 16.8 Å². The molecule has 0 unspecified atom stereocenters. The molecule has 11 heteroatoms. The average molecular weight is 402 g/mol. The van der Waals surface area contributed by atoms with Gasteiger partial charge in [0, 0.05) is 30.5 Å². The minimum atomic E-state index is -4.47. The van der Waals surface area contributed by atoms with Gasteiger partial charge in [0.25, 0.3) is 11.8 Å². The number of nitrogens with one attached hydrogen (secondary N) is 2. The molecule has 0 fully saturated rings. The molecule has 2 N–H and O–H groups in total. The van der Waals surface area contributed by atoms with Gasteiger partial charge in [-0.1, -0.05) is 0 Å². The van der Waals surface area contributed by atoms with Gasteiger partial charge in [-0.25, -0.2) is 9.97 Å². The fraction of sp³-hybridized carbons (Fsp3) is 0.111. The van der Waals surface area contributed by atoms with Crippen molar-refractivity contribution in [3.8, 4) is 0 Å². The summed E-state index contributed by atoms with van der Waals surface area (Å²) in [5.74, 6) is -0.759. The maximum absolute atomic E-state index is 12.8. The highest BCUT2D eigenvalue weighted by Gasteiger charge is 2.34. The van der Waals surface area contributed by atoms with Crippen molar-refractivity contribution in [1.82, 2.24) is 20.4 Å². The van der Waals surface area contributed by atoms with Crippen molar-refractivity contribution >= 4 is 23.5 Å². The number of aromatic nitrogens is 2. The molecule has 2 amide bonds. The van der Waals surface area contributed by atoms with E-state index >= 15 is 0 Å². The largest absolute Gasteiger partial charge is 0.416 e. The van der Waals surface area contributed by atoms with E-state index in [4.69, 9.17) is 0 Å². The predicted molar refractivity (Wildman–Crippen MR) is 95.6 cm³/mol. The van der Waals surface area contributed by atoms with Crippen LogP contribution in [-0.2, 0) is 15.8 Å². The molecule has 4 rings (SSSR count). The van der Waals surface area contributed by atoms with E-state index in [0.29, 0.717) is 5.70 Å². The lowest BCUT2D eigenvalue weighted by Gasteiger charge is -2.31. The zero-order valence-corrected chi connectivity index (χ0v) is 14.6. The number of nitrogens with zero attached hydrogens (tertiary/aromatic N) is 4.